The summed E-state index contributed by atoms with van der Waals surface area (Å²) in [6, 6.07) is 13.0. The van der Waals surface area contributed by atoms with Crippen LogP contribution in [0.25, 0.3) is 11.3 Å². The molecule has 5 rings (SSSR count). The monoisotopic (exact) mass is 532 g/mol. The van der Waals surface area contributed by atoms with Gasteiger partial charge < -0.3 is 9.47 Å². The van der Waals surface area contributed by atoms with Crippen LogP contribution in [-0.2, 0) is 11.3 Å². The van der Waals surface area contributed by atoms with E-state index in [1.807, 2.05) is 35.7 Å². The molecule has 1 fully saturated rings. The Morgan fingerprint density at radius 1 is 1.18 bits per heavy atom. The molecule has 4 aromatic rings. The first-order valence-corrected chi connectivity index (χ1v) is 12.8. The lowest BCUT2D eigenvalue weighted by Crippen LogP contribution is -2.09. The molecular formula is C23H18Cl2N4O3S2. The SMILES string of the molecule is COc1ccc(Cn2nnc(C(=O)OC3CC3)c2Sc2nc(-c3ccc(Cl)c(Cl)c3)cs2)cc1. The fourth-order valence-corrected chi connectivity index (χ4v) is 5.27. The third-order valence-corrected chi connectivity index (χ3v) is 7.83. The molecule has 1 saturated carbocycles. The van der Waals surface area contributed by atoms with Crippen LogP contribution in [0.15, 0.2) is 57.2 Å². The van der Waals surface area contributed by atoms with Gasteiger partial charge in [0, 0.05) is 10.9 Å². The summed E-state index contributed by atoms with van der Waals surface area (Å²) in [6.45, 7) is 0.432. The number of aromatic nitrogens is 4. The summed E-state index contributed by atoms with van der Waals surface area (Å²) in [5.41, 5.74) is 2.81. The quantitative estimate of drug-likeness (QED) is 0.248. The van der Waals surface area contributed by atoms with Crippen LogP contribution in [-0.4, -0.2) is 39.2 Å². The van der Waals surface area contributed by atoms with Crippen LogP contribution in [0.2, 0.25) is 10.0 Å². The van der Waals surface area contributed by atoms with Crippen LogP contribution in [0.1, 0.15) is 28.9 Å². The summed E-state index contributed by atoms with van der Waals surface area (Å²) in [6.07, 6.45) is 1.74. The minimum Gasteiger partial charge on any atom is -0.497 e. The highest BCUT2D eigenvalue weighted by Crippen LogP contribution is 2.37. The van der Waals surface area contributed by atoms with E-state index in [1.165, 1.54) is 23.1 Å². The summed E-state index contributed by atoms with van der Waals surface area (Å²) >= 11 is 15.0. The number of benzene rings is 2. The van der Waals surface area contributed by atoms with Crippen LogP contribution in [0.3, 0.4) is 0 Å². The van der Waals surface area contributed by atoms with Gasteiger partial charge in [0.2, 0.25) is 5.69 Å². The molecule has 0 saturated heterocycles. The molecule has 0 unspecified atom stereocenters. The smallest absolute Gasteiger partial charge is 0.362 e. The molecule has 0 aliphatic heterocycles. The van der Waals surface area contributed by atoms with Gasteiger partial charge in [0.15, 0.2) is 4.34 Å². The Labute approximate surface area is 214 Å². The highest BCUT2D eigenvalue weighted by Gasteiger charge is 2.30. The minimum atomic E-state index is -0.466. The average molecular weight is 533 g/mol. The summed E-state index contributed by atoms with van der Waals surface area (Å²) in [4.78, 5) is 17.5. The first-order chi connectivity index (χ1) is 16.5. The van der Waals surface area contributed by atoms with Crippen molar-refractivity contribution in [3.8, 4) is 17.0 Å². The second-order valence-corrected chi connectivity index (χ2v) is 10.5. The lowest BCUT2D eigenvalue weighted by Gasteiger charge is -2.07. The van der Waals surface area contributed by atoms with Crippen molar-refractivity contribution in [3.05, 3.63) is 69.1 Å². The molecule has 0 atom stereocenters. The molecule has 0 amide bonds. The zero-order valence-electron chi connectivity index (χ0n) is 17.9. The molecular weight excluding hydrogens is 515 g/mol. The number of carbonyl (C=O) groups is 1. The summed E-state index contributed by atoms with van der Waals surface area (Å²) in [7, 11) is 1.62. The molecule has 0 bridgehead atoms. The molecule has 7 nitrogen and oxygen atoms in total. The molecule has 1 aliphatic carbocycles. The fraction of sp³-hybridized carbons (Fsp3) is 0.217. The van der Waals surface area contributed by atoms with Gasteiger partial charge in [-0.1, -0.05) is 46.6 Å². The Morgan fingerprint density at radius 3 is 2.68 bits per heavy atom. The second kappa shape index (κ2) is 9.95. The number of thiazole rings is 1. The molecule has 0 radical (unpaired) electrons. The van der Waals surface area contributed by atoms with Crippen molar-refractivity contribution in [2.75, 3.05) is 7.11 Å². The zero-order valence-corrected chi connectivity index (χ0v) is 21.0. The first kappa shape index (κ1) is 23.2. The van der Waals surface area contributed by atoms with Crippen molar-refractivity contribution in [1.82, 2.24) is 20.0 Å². The van der Waals surface area contributed by atoms with Gasteiger partial charge in [-0.05, 0) is 54.4 Å². The molecule has 174 valence electrons. The molecule has 2 aromatic heterocycles. The first-order valence-electron chi connectivity index (χ1n) is 10.4. The predicted molar refractivity (Wildman–Crippen MR) is 132 cm³/mol. The van der Waals surface area contributed by atoms with Crippen LogP contribution < -0.4 is 4.74 Å². The lowest BCUT2D eigenvalue weighted by molar-refractivity contribution is 0.0460. The van der Waals surface area contributed by atoms with Crippen LogP contribution in [0.5, 0.6) is 5.75 Å². The van der Waals surface area contributed by atoms with Crippen molar-refractivity contribution in [2.45, 2.75) is 34.9 Å². The van der Waals surface area contributed by atoms with E-state index in [1.54, 1.807) is 23.9 Å². The average Bonchev–Trinajstić information content (AvgIpc) is 3.38. The molecule has 1 aliphatic rings. The number of rotatable bonds is 8. The standard InChI is InChI=1S/C23H18Cl2N4O3S2/c1-31-15-5-2-13(3-6-15)11-29-21(20(27-28-29)22(30)32-16-7-8-16)34-23-26-19(12-33-23)14-4-9-17(24)18(25)10-14/h2-6,9-10,12,16H,7-8,11H2,1H3. The number of carbonyl (C=O) groups excluding carboxylic acids is 1. The third-order valence-electron chi connectivity index (χ3n) is 5.05. The molecule has 34 heavy (non-hydrogen) atoms. The van der Waals surface area contributed by atoms with Crippen molar-refractivity contribution in [1.29, 1.82) is 0 Å². The maximum atomic E-state index is 12.7. The van der Waals surface area contributed by atoms with Crippen LogP contribution in [0.4, 0.5) is 0 Å². The number of methoxy groups -OCH3 is 1. The maximum absolute atomic E-state index is 12.7. The minimum absolute atomic E-state index is 0.0294. The van der Waals surface area contributed by atoms with Gasteiger partial charge >= 0.3 is 5.97 Å². The van der Waals surface area contributed by atoms with E-state index in [9.17, 15) is 4.79 Å². The highest BCUT2D eigenvalue weighted by molar-refractivity contribution is 8.01. The Morgan fingerprint density at radius 2 is 1.97 bits per heavy atom. The third kappa shape index (κ3) is 5.22. The normalized spacial score (nSPS) is 13.1. The van der Waals surface area contributed by atoms with Crippen molar-refractivity contribution < 1.29 is 14.3 Å². The number of hydrogen-bond acceptors (Lipinski definition) is 8. The number of nitrogens with zero attached hydrogens (tertiary/aromatic N) is 4. The van der Waals surface area contributed by atoms with Crippen molar-refractivity contribution in [2.24, 2.45) is 0 Å². The maximum Gasteiger partial charge on any atom is 0.362 e. The largest absolute Gasteiger partial charge is 0.497 e. The van der Waals surface area contributed by atoms with E-state index in [-0.39, 0.29) is 11.8 Å². The molecule has 11 heteroatoms. The topological polar surface area (TPSA) is 79.1 Å². The van der Waals surface area contributed by atoms with E-state index in [2.05, 4.69) is 10.3 Å². The van der Waals surface area contributed by atoms with Gasteiger partial charge in [-0.3, -0.25) is 0 Å². The molecule has 2 heterocycles. The van der Waals surface area contributed by atoms with Gasteiger partial charge in [0.1, 0.15) is 16.9 Å². The number of hydrogen-bond donors (Lipinski definition) is 0. The highest BCUT2D eigenvalue weighted by atomic mass is 35.5. The van der Waals surface area contributed by atoms with Gasteiger partial charge in [0.05, 0.1) is 29.4 Å². The zero-order chi connectivity index (χ0) is 23.7. The van der Waals surface area contributed by atoms with Crippen molar-refractivity contribution >= 4 is 52.3 Å². The second-order valence-electron chi connectivity index (χ2n) is 7.58. The summed E-state index contributed by atoms with van der Waals surface area (Å²) < 4.78 is 13.1. The summed E-state index contributed by atoms with van der Waals surface area (Å²) in [5.74, 6) is 0.301. The Bertz CT molecular complexity index is 1340. The Kier molecular flexibility index (Phi) is 6.78. The fourth-order valence-electron chi connectivity index (χ4n) is 3.11. The van der Waals surface area contributed by atoms with Gasteiger partial charge in [-0.15, -0.1) is 16.4 Å². The number of halogens is 2. The Balaban J connectivity index is 1.43. The number of ether oxygens (including phenoxy) is 2. The van der Waals surface area contributed by atoms with E-state index in [4.69, 9.17) is 37.7 Å². The molecule has 2 aromatic carbocycles. The van der Waals surface area contributed by atoms with E-state index >= 15 is 0 Å². The molecule has 0 spiro atoms. The molecule has 0 N–H and O–H groups in total. The van der Waals surface area contributed by atoms with Crippen LogP contribution >= 0.6 is 46.3 Å². The van der Waals surface area contributed by atoms with Gasteiger partial charge in [-0.25, -0.2) is 14.5 Å². The van der Waals surface area contributed by atoms with E-state index in [0.717, 1.165) is 39.8 Å². The van der Waals surface area contributed by atoms with Gasteiger partial charge in [-0.2, -0.15) is 0 Å². The Hall–Kier alpha value is -2.59. The van der Waals surface area contributed by atoms with E-state index in [0.29, 0.717) is 21.6 Å². The van der Waals surface area contributed by atoms with Crippen LogP contribution in [0, 0.1) is 0 Å². The number of esters is 1. The van der Waals surface area contributed by atoms with Crippen molar-refractivity contribution in [3.63, 3.8) is 0 Å². The predicted octanol–water partition coefficient (Wildman–Crippen LogP) is 6.24. The van der Waals surface area contributed by atoms with E-state index < -0.39 is 5.97 Å². The summed E-state index contributed by atoms with van der Waals surface area (Å²) in [5, 5.41) is 11.9. The lowest BCUT2D eigenvalue weighted by atomic mass is 10.2. The van der Waals surface area contributed by atoms with Gasteiger partial charge in [0.25, 0.3) is 0 Å².